The number of alkyl halides is 9. The molecule has 1 aromatic heterocycles. The third-order valence-corrected chi connectivity index (χ3v) is 2.59. The van der Waals surface area contributed by atoms with E-state index >= 15 is 0 Å². The lowest BCUT2D eigenvalue weighted by molar-refractivity contribution is -0.275. The topological polar surface area (TPSA) is 22.1 Å². The van der Waals surface area contributed by atoms with E-state index in [0.717, 1.165) is 0 Å². The first kappa shape index (κ1) is 16.9. The van der Waals surface area contributed by atoms with Crippen LogP contribution >= 0.6 is 15.9 Å². The van der Waals surface area contributed by atoms with Crippen LogP contribution in [0.2, 0.25) is 0 Å². The van der Waals surface area contributed by atoms with Crippen molar-refractivity contribution < 1.29 is 39.9 Å². The van der Waals surface area contributed by atoms with E-state index in [-0.39, 0.29) is 6.20 Å². The number of hydrogen-bond acceptors (Lipinski definition) is 2. The number of nitrogens with zero attached hydrogens (tertiary/aromatic N) is 1. The van der Waals surface area contributed by atoms with Gasteiger partial charge in [0.15, 0.2) is 5.75 Å². The number of hydrogen-bond donors (Lipinski definition) is 0. The summed E-state index contributed by atoms with van der Waals surface area (Å²) < 4.78 is 103. The molecule has 0 aliphatic heterocycles. The Hall–Kier alpha value is -1.13. The molecule has 0 atom stereocenters. The molecule has 114 valence electrons. The average molecular weight is 374 g/mol. The summed E-state index contributed by atoms with van der Waals surface area (Å²) in [5.74, 6) is -1.64. The zero-order valence-electron chi connectivity index (χ0n) is 9.12. The van der Waals surface area contributed by atoms with Crippen molar-refractivity contribution in [2.24, 2.45) is 0 Å². The minimum atomic E-state index is -5.42. The SMILES string of the molecule is FC(F)c1ncc(C(F)(F)F)c(CBr)c1OC(F)(F)F. The zero-order valence-corrected chi connectivity index (χ0v) is 10.7. The minimum Gasteiger partial charge on any atom is -0.403 e. The van der Waals surface area contributed by atoms with Gasteiger partial charge in [0.25, 0.3) is 6.43 Å². The highest BCUT2D eigenvalue weighted by Crippen LogP contribution is 2.42. The van der Waals surface area contributed by atoms with Crippen molar-refractivity contribution in [1.29, 1.82) is 0 Å². The molecule has 2 nitrogen and oxygen atoms in total. The smallest absolute Gasteiger partial charge is 0.403 e. The number of ether oxygens (including phenoxy) is 1. The summed E-state index contributed by atoms with van der Waals surface area (Å²) in [6, 6.07) is 0. The number of rotatable bonds is 3. The molecular formula is C9H4BrF8NO. The summed E-state index contributed by atoms with van der Waals surface area (Å²) in [7, 11) is 0. The zero-order chi connectivity index (χ0) is 15.7. The van der Waals surface area contributed by atoms with Crippen molar-refractivity contribution in [3.8, 4) is 5.75 Å². The Morgan fingerprint density at radius 3 is 2.05 bits per heavy atom. The van der Waals surface area contributed by atoms with Gasteiger partial charge in [-0.25, -0.2) is 8.78 Å². The maximum absolute atomic E-state index is 12.6. The number of halogens is 9. The second-order valence-electron chi connectivity index (χ2n) is 3.34. The molecule has 0 fully saturated rings. The molecule has 0 radical (unpaired) electrons. The summed E-state index contributed by atoms with van der Waals surface area (Å²) in [6.45, 7) is 0. The molecule has 0 aromatic carbocycles. The third-order valence-electron chi connectivity index (χ3n) is 2.03. The second-order valence-corrected chi connectivity index (χ2v) is 3.91. The molecule has 0 aliphatic carbocycles. The van der Waals surface area contributed by atoms with Crippen LogP contribution < -0.4 is 4.74 Å². The quantitative estimate of drug-likeness (QED) is 0.559. The molecule has 11 heteroatoms. The second kappa shape index (κ2) is 5.70. The van der Waals surface area contributed by atoms with Crippen LogP contribution in [-0.2, 0) is 11.5 Å². The molecule has 1 aromatic rings. The predicted octanol–water partition coefficient (Wildman–Crippen LogP) is 4.83. The highest BCUT2D eigenvalue weighted by atomic mass is 79.9. The average Bonchev–Trinajstić information content (AvgIpc) is 2.24. The van der Waals surface area contributed by atoms with E-state index < -0.39 is 46.9 Å². The van der Waals surface area contributed by atoms with Gasteiger partial charge in [-0.05, 0) is 0 Å². The van der Waals surface area contributed by atoms with Gasteiger partial charge in [0.2, 0.25) is 0 Å². The highest BCUT2D eigenvalue weighted by molar-refractivity contribution is 9.08. The summed E-state index contributed by atoms with van der Waals surface area (Å²) in [6.07, 6.45) is -14.0. The van der Waals surface area contributed by atoms with Crippen molar-refractivity contribution in [3.05, 3.63) is 23.0 Å². The lowest BCUT2D eigenvalue weighted by atomic mass is 10.1. The molecule has 0 bridgehead atoms. The Balaban J connectivity index is 3.55. The predicted molar refractivity (Wildman–Crippen MR) is 53.5 cm³/mol. The first-order valence-corrected chi connectivity index (χ1v) is 5.78. The van der Waals surface area contributed by atoms with E-state index in [1.54, 1.807) is 0 Å². The molecule has 0 saturated carbocycles. The van der Waals surface area contributed by atoms with Crippen molar-refractivity contribution in [2.75, 3.05) is 0 Å². The molecule has 0 saturated heterocycles. The van der Waals surface area contributed by atoms with E-state index in [1.807, 2.05) is 0 Å². The molecule has 0 unspecified atom stereocenters. The molecule has 1 heterocycles. The van der Waals surface area contributed by atoms with Crippen LogP contribution in [0.3, 0.4) is 0 Å². The van der Waals surface area contributed by atoms with Gasteiger partial charge in [-0.15, -0.1) is 13.2 Å². The van der Waals surface area contributed by atoms with Gasteiger partial charge in [0, 0.05) is 17.1 Å². The maximum atomic E-state index is 12.6. The monoisotopic (exact) mass is 373 g/mol. The Bertz CT molecular complexity index is 484. The molecule has 0 aliphatic rings. The summed E-state index contributed by atoms with van der Waals surface area (Å²) in [5, 5.41) is -0.768. The minimum absolute atomic E-state index is 0.0430. The first-order valence-electron chi connectivity index (χ1n) is 4.66. The van der Waals surface area contributed by atoms with Crippen LogP contribution in [0.1, 0.15) is 23.2 Å². The van der Waals surface area contributed by atoms with Gasteiger partial charge >= 0.3 is 12.5 Å². The largest absolute Gasteiger partial charge is 0.573 e. The third kappa shape index (κ3) is 3.93. The molecule has 0 amide bonds. The Morgan fingerprint density at radius 2 is 1.70 bits per heavy atom. The van der Waals surface area contributed by atoms with Crippen LogP contribution in [0, 0.1) is 0 Å². The van der Waals surface area contributed by atoms with Crippen molar-refractivity contribution >= 4 is 15.9 Å². The van der Waals surface area contributed by atoms with Gasteiger partial charge in [-0.1, -0.05) is 15.9 Å². The molecule has 0 N–H and O–H groups in total. The normalized spacial score (nSPS) is 12.9. The van der Waals surface area contributed by atoms with E-state index in [4.69, 9.17) is 0 Å². The molecule has 1 rings (SSSR count). The van der Waals surface area contributed by atoms with Crippen LogP contribution in [0.15, 0.2) is 6.20 Å². The lowest BCUT2D eigenvalue weighted by Gasteiger charge is -2.19. The lowest BCUT2D eigenvalue weighted by Crippen LogP contribution is -2.21. The molecule has 20 heavy (non-hydrogen) atoms. The van der Waals surface area contributed by atoms with Crippen LogP contribution in [-0.4, -0.2) is 11.3 Å². The van der Waals surface area contributed by atoms with Gasteiger partial charge in [0.05, 0.1) is 5.56 Å². The summed E-state index contributed by atoms with van der Waals surface area (Å²) >= 11 is 2.52. The van der Waals surface area contributed by atoms with Crippen LogP contribution in [0.25, 0.3) is 0 Å². The van der Waals surface area contributed by atoms with Gasteiger partial charge in [-0.2, -0.15) is 13.2 Å². The molecule has 0 spiro atoms. The number of pyridine rings is 1. The van der Waals surface area contributed by atoms with Gasteiger partial charge in [-0.3, -0.25) is 4.98 Å². The van der Waals surface area contributed by atoms with E-state index in [2.05, 4.69) is 25.7 Å². The Morgan fingerprint density at radius 1 is 1.15 bits per heavy atom. The van der Waals surface area contributed by atoms with Gasteiger partial charge < -0.3 is 4.74 Å². The summed E-state index contributed by atoms with van der Waals surface area (Å²) in [4.78, 5) is 2.72. The van der Waals surface area contributed by atoms with Crippen molar-refractivity contribution in [1.82, 2.24) is 4.98 Å². The van der Waals surface area contributed by atoms with Crippen LogP contribution in [0.5, 0.6) is 5.75 Å². The van der Waals surface area contributed by atoms with Crippen LogP contribution in [0.4, 0.5) is 35.1 Å². The van der Waals surface area contributed by atoms with E-state index in [0.29, 0.717) is 0 Å². The fraction of sp³-hybridized carbons (Fsp3) is 0.444. The molecular weight excluding hydrogens is 370 g/mol. The fourth-order valence-electron chi connectivity index (χ4n) is 1.31. The standard InChI is InChI=1S/C9H4BrF8NO/c10-1-3-4(8(13,14)15)2-19-5(7(11)12)6(3)20-9(16,17)18/h2,7H,1H2. The highest BCUT2D eigenvalue weighted by Gasteiger charge is 2.40. The summed E-state index contributed by atoms with van der Waals surface area (Å²) in [5.41, 5.74) is -4.19. The van der Waals surface area contributed by atoms with Crippen molar-refractivity contribution in [2.45, 2.75) is 24.3 Å². The Kier molecular flexibility index (Phi) is 4.82. The Labute approximate surface area is 114 Å². The van der Waals surface area contributed by atoms with Crippen molar-refractivity contribution in [3.63, 3.8) is 0 Å². The maximum Gasteiger partial charge on any atom is 0.573 e. The van der Waals surface area contributed by atoms with E-state index in [1.165, 1.54) is 0 Å². The van der Waals surface area contributed by atoms with E-state index in [9.17, 15) is 35.1 Å². The number of aromatic nitrogens is 1. The fourth-order valence-corrected chi connectivity index (χ4v) is 1.87. The van der Waals surface area contributed by atoms with Gasteiger partial charge in [0.1, 0.15) is 5.69 Å². The first-order chi connectivity index (χ1) is 8.97.